The highest BCUT2D eigenvalue weighted by Crippen LogP contribution is 2.22. The minimum atomic E-state index is -3.44. The van der Waals surface area contributed by atoms with Crippen LogP contribution in [0, 0.1) is 0 Å². The topological polar surface area (TPSA) is 81.2 Å². The van der Waals surface area contributed by atoms with Gasteiger partial charge in [0.25, 0.3) is 0 Å². The highest BCUT2D eigenvalue weighted by atomic mass is 32.2. The van der Waals surface area contributed by atoms with Gasteiger partial charge in [-0.3, -0.25) is 4.68 Å². The van der Waals surface area contributed by atoms with Crippen LogP contribution in [0.5, 0.6) is 0 Å². The highest BCUT2D eigenvalue weighted by molar-refractivity contribution is 7.89. The Morgan fingerprint density at radius 2 is 2.33 bits per heavy atom. The maximum absolute atomic E-state index is 12.1. The van der Waals surface area contributed by atoms with Crippen molar-refractivity contribution < 1.29 is 8.42 Å². The quantitative estimate of drug-likeness (QED) is 0.742. The molecule has 2 heterocycles. The van der Waals surface area contributed by atoms with Gasteiger partial charge < -0.3 is 5.73 Å². The fourth-order valence-electron chi connectivity index (χ4n) is 1.73. The van der Waals surface area contributed by atoms with Crippen molar-refractivity contribution in [2.75, 3.05) is 6.54 Å². The van der Waals surface area contributed by atoms with Crippen molar-refractivity contribution in [1.82, 2.24) is 14.1 Å². The Kier molecular flexibility index (Phi) is 2.53. The molecule has 1 fully saturated rings. The molecule has 84 valence electrons. The molecule has 2 rings (SSSR count). The van der Waals surface area contributed by atoms with Crippen molar-refractivity contribution in [1.29, 1.82) is 0 Å². The van der Waals surface area contributed by atoms with E-state index in [1.807, 2.05) is 0 Å². The molecule has 1 aromatic rings. The first-order chi connectivity index (χ1) is 7.01. The number of rotatable bonds is 2. The van der Waals surface area contributed by atoms with Crippen molar-refractivity contribution >= 4 is 10.0 Å². The summed E-state index contributed by atoms with van der Waals surface area (Å²) in [7, 11) is -1.76. The van der Waals surface area contributed by atoms with E-state index < -0.39 is 16.2 Å². The lowest BCUT2D eigenvalue weighted by atomic mass is 10.3. The number of hydrogen-bond donors (Lipinski definition) is 1. The summed E-state index contributed by atoms with van der Waals surface area (Å²) >= 11 is 0. The van der Waals surface area contributed by atoms with Crippen LogP contribution in [0.2, 0.25) is 0 Å². The minimum absolute atomic E-state index is 0.211. The van der Waals surface area contributed by atoms with Gasteiger partial charge in [-0.05, 0) is 12.8 Å². The first-order valence-corrected chi connectivity index (χ1v) is 6.22. The van der Waals surface area contributed by atoms with Crippen LogP contribution in [0.4, 0.5) is 0 Å². The van der Waals surface area contributed by atoms with E-state index in [4.69, 9.17) is 5.73 Å². The van der Waals surface area contributed by atoms with Crippen LogP contribution in [0.15, 0.2) is 17.3 Å². The molecule has 7 heteroatoms. The molecule has 1 atom stereocenters. The molecular weight excluding hydrogens is 216 g/mol. The third-order valence-corrected chi connectivity index (χ3v) is 4.41. The number of sulfonamides is 1. The van der Waals surface area contributed by atoms with E-state index in [0.717, 1.165) is 12.8 Å². The standard InChI is InChI=1S/C8H14N4O2S/c1-11-6-7(5-10-11)15(13,14)12-4-2-3-8(12)9/h5-6,8H,2-4,9H2,1H3. The van der Waals surface area contributed by atoms with Crippen molar-refractivity contribution in [2.24, 2.45) is 12.8 Å². The maximum atomic E-state index is 12.1. The molecule has 1 aliphatic rings. The van der Waals surface area contributed by atoms with E-state index in [-0.39, 0.29) is 4.90 Å². The van der Waals surface area contributed by atoms with Gasteiger partial charge in [-0.1, -0.05) is 0 Å². The predicted molar refractivity (Wildman–Crippen MR) is 54.3 cm³/mol. The van der Waals surface area contributed by atoms with Gasteiger partial charge in [-0.25, -0.2) is 8.42 Å². The van der Waals surface area contributed by atoms with Crippen molar-refractivity contribution in [3.8, 4) is 0 Å². The largest absolute Gasteiger partial charge is 0.315 e. The summed E-state index contributed by atoms with van der Waals surface area (Å²) in [6.07, 6.45) is 3.98. The highest BCUT2D eigenvalue weighted by Gasteiger charge is 2.33. The molecule has 1 saturated heterocycles. The normalized spacial score (nSPS) is 23.5. The second-order valence-electron chi connectivity index (χ2n) is 3.68. The Morgan fingerprint density at radius 3 is 2.80 bits per heavy atom. The summed E-state index contributed by atoms with van der Waals surface area (Å²) in [5.74, 6) is 0. The summed E-state index contributed by atoms with van der Waals surface area (Å²) in [4.78, 5) is 0.211. The molecule has 0 saturated carbocycles. The Bertz CT molecular complexity index is 453. The monoisotopic (exact) mass is 230 g/mol. The van der Waals surface area contributed by atoms with Gasteiger partial charge in [0.2, 0.25) is 10.0 Å². The predicted octanol–water partition coefficient (Wildman–Crippen LogP) is -0.511. The minimum Gasteiger partial charge on any atom is -0.315 e. The van der Waals surface area contributed by atoms with Crippen molar-refractivity contribution in [3.05, 3.63) is 12.4 Å². The van der Waals surface area contributed by atoms with E-state index in [1.54, 1.807) is 7.05 Å². The van der Waals surface area contributed by atoms with Crippen LogP contribution in [0.1, 0.15) is 12.8 Å². The third kappa shape index (κ3) is 1.77. The molecule has 1 aromatic heterocycles. The number of nitrogens with two attached hydrogens (primary N) is 1. The fraction of sp³-hybridized carbons (Fsp3) is 0.625. The summed E-state index contributed by atoms with van der Waals surface area (Å²) in [5, 5.41) is 3.85. The summed E-state index contributed by atoms with van der Waals surface area (Å²) < 4.78 is 26.9. The molecule has 0 spiro atoms. The summed E-state index contributed by atoms with van der Waals surface area (Å²) in [6, 6.07) is 0. The number of nitrogens with zero attached hydrogens (tertiary/aromatic N) is 3. The van der Waals surface area contributed by atoms with Crippen LogP contribution in [-0.2, 0) is 17.1 Å². The zero-order chi connectivity index (χ0) is 11.1. The molecule has 0 aliphatic carbocycles. The first-order valence-electron chi connectivity index (χ1n) is 4.78. The zero-order valence-electron chi connectivity index (χ0n) is 8.50. The van der Waals surface area contributed by atoms with Gasteiger partial charge in [-0.15, -0.1) is 0 Å². The lowest BCUT2D eigenvalue weighted by Crippen LogP contribution is -2.40. The Labute approximate surface area is 88.7 Å². The molecule has 15 heavy (non-hydrogen) atoms. The van der Waals surface area contributed by atoms with Crippen molar-refractivity contribution in [2.45, 2.75) is 23.9 Å². The average molecular weight is 230 g/mol. The Morgan fingerprint density at radius 1 is 1.60 bits per heavy atom. The smallest absolute Gasteiger partial charge is 0.247 e. The van der Waals surface area contributed by atoms with Gasteiger partial charge in [0, 0.05) is 19.8 Å². The van der Waals surface area contributed by atoms with Crippen LogP contribution in [0.25, 0.3) is 0 Å². The molecule has 6 nitrogen and oxygen atoms in total. The number of aryl methyl sites for hydroxylation is 1. The Hall–Kier alpha value is -0.920. The van der Waals surface area contributed by atoms with Crippen LogP contribution in [0.3, 0.4) is 0 Å². The molecule has 0 amide bonds. The van der Waals surface area contributed by atoms with Gasteiger partial charge >= 0.3 is 0 Å². The van der Waals surface area contributed by atoms with Gasteiger partial charge in [0.15, 0.2) is 0 Å². The molecule has 0 aromatic carbocycles. The SMILES string of the molecule is Cn1cc(S(=O)(=O)N2CCCC2N)cn1. The third-order valence-electron chi connectivity index (χ3n) is 2.54. The average Bonchev–Trinajstić information content (AvgIpc) is 2.74. The molecule has 1 aliphatic heterocycles. The first kappa shape index (κ1) is 10.6. The van der Waals surface area contributed by atoms with Crippen LogP contribution in [-0.4, -0.2) is 35.2 Å². The second kappa shape index (κ2) is 3.58. The van der Waals surface area contributed by atoms with Crippen LogP contribution < -0.4 is 5.73 Å². The lowest BCUT2D eigenvalue weighted by Gasteiger charge is -2.19. The fourth-order valence-corrected chi connectivity index (χ4v) is 3.30. The maximum Gasteiger partial charge on any atom is 0.247 e. The zero-order valence-corrected chi connectivity index (χ0v) is 9.31. The van der Waals surface area contributed by atoms with Gasteiger partial charge in [0.05, 0.1) is 12.4 Å². The summed E-state index contributed by atoms with van der Waals surface area (Å²) in [5.41, 5.74) is 5.73. The number of hydrogen-bond acceptors (Lipinski definition) is 4. The lowest BCUT2D eigenvalue weighted by molar-refractivity contribution is 0.396. The molecule has 0 radical (unpaired) electrons. The Balaban J connectivity index is 2.34. The van der Waals surface area contributed by atoms with E-state index in [1.165, 1.54) is 21.4 Å². The van der Waals surface area contributed by atoms with Crippen LogP contribution >= 0.6 is 0 Å². The molecular formula is C8H14N4O2S. The second-order valence-corrected chi connectivity index (χ2v) is 5.57. The van der Waals surface area contributed by atoms with E-state index in [2.05, 4.69) is 5.10 Å². The molecule has 1 unspecified atom stereocenters. The summed E-state index contributed by atoms with van der Waals surface area (Å²) in [6.45, 7) is 0.498. The molecule has 0 bridgehead atoms. The number of aromatic nitrogens is 2. The van der Waals surface area contributed by atoms with Crippen molar-refractivity contribution in [3.63, 3.8) is 0 Å². The van der Waals surface area contributed by atoms with Gasteiger partial charge in [0.1, 0.15) is 4.90 Å². The van der Waals surface area contributed by atoms with E-state index >= 15 is 0 Å². The van der Waals surface area contributed by atoms with Gasteiger partial charge in [-0.2, -0.15) is 9.40 Å². The van der Waals surface area contributed by atoms with E-state index in [0.29, 0.717) is 6.54 Å². The molecule has 2 N–H and O–H groups in total. The van der Waals surface area contributed by atoms with E-state index in [9.17, 15) is 8.42 Å².